The molecule has 2 amide bonds. The summed E-state index contributed by atoms with van der Waals surface area (Å²) in [5, 5.41) is 2.95. The van der Waals surface area contributed by atoms with Gasteiger partial charge in [-0.05, 0) is 37.0 Å². The molecule has 0 radical (unpaired) electrons. The number of amides is 2. The van der Waals surface area contributed by atoms with Crippen LogP contribution in [0.2, 0.25) is 0 Å². The van der Waals surface area contributed by atoms with Crippen LogP contribution in [0.4, 0.5) is 0 Å². The van der Waals surface area contributed by atoms with E-state index in [1.54, 1.807) is 4.90 Å². The van der Waals surface area contributed by atoms with Crippen LogP contribution in [0.5, 0.6) is 0 Å². The molecule has 0 bridgehead atoms. The zero-order valence-corrected chi connectivity index (χ0v) is 16.6. The van der Waals surface area contributed by atoms with Crippen molar-refractivity contribution in [3.63, 3.8) is 0 Å². The summed E-state index contributed by atoms with van der Waals surface area (Å²) in [6, 6.07) is 17.1. The van der Waals surface area contributed by atoms with E-state index in [9.17, 15) is 9.59 Å². The summed E-state index contributed by atoms with van der Waals surface area (Å²) in [4.78, 5) is 27.3. The molecule has 0 aliphatic rings. The Bertz CT molecular complexity index is 743. The molecule has 27 heavy (non-hydrogen) atoms. The van der Waals surface area contributed by atoms with E-state index in [1.165, 1.54) is 0 Å². The second-order valence-corrected chi connectivity index (χ2v) is 6.93. The van der Waals surface area contributed by atoms with Crippen molar-refractivity contribution in [2.75, 3.05) is 6.54 Å². The lowest BCUT2D eigenvalue weighted by molar-refractivity contribution is -0.140. The van der Waals surface area contributed by atoms with E-state index in [2.05, 4.69) is 12.2 Å². The van der Waals surface area contributed by atoms with E-state index in [-0.39, 0.29) is 11.8 Å². The third kappa shape index (κ3) is 6.24. The zero-order chi connectivity index (χ0) is 19.6. The fourth-order valence-corrected chi connectivity index (χ4v) is 2.96. The molecule has 0 spiro atoms. The highest BCUT2D eigenvalue weighted by molar-refractivity contribution is 5.88. The van der Waals surface area contributed by atoms with Gasteiger partial charge in [-0.15, -0.1) is 0 Å². The van der Waals surface area contributed by atoms with Crippen molar-refractivity contribution < 1.29 is 9.59 Å². The van der Waals surface area contributed by atoms with Crippen molar-refractivity contribution in [1.29, 1.82) is 0 Å². The van der Waals surface area contributed by atoms with Gasteiger partial charge in [0.05, 0.1) is 6.42 Å². The van der Waals surface area contributed by atoms with E-state index in [0.717, 1.165) is 29.5 Å². The second kappa shape index (κ2) is 10.5. The lowest BCUT2D eigenvalue weighted by atomic mass is 10.1. The van der Waals surface area contributed by atoms with Crippen LogP contribution in [0, 0.1) is 6.92 Å². The third-order valence-corrected chi connectivity index (χ3v) is 4.80. The van der Waals surface area contributed by atoms with Gasteiger partial charge in [0.25, 0.3) is 0 Å². The number of rotatable bonds is 9. The second-order valence-electron chi connectivity index (χ2n) is 6.93. The Morgan fingerprint density at radius 3 is 2.37 bits per heavy atom. The largest absolute Gasteiger partial charge is 0.354 e. The molecular formula is C23H30N2O2. The van der Waals surface area contributed by atoms with Crippen LogP contribution in [-0.2, 0) is 22.6 Å². The smallest absolute Gasteiger partial charge is 0.242 e. The molecule has 2 aromatic carbocycles. The molecule has 4 nitrogen and oxygen atoms in total. The Labute approximate surface area is 162 Å². The number of nitrogens with zero attached hydrogens (tertiary/aromatic N) is 1. The Morgan fingerprint density at radius 1 is 1.04 bits per heavy atom. The number of aryl methyl sites for hydroxylation is 1. The van der Waals surface area contributed by atoms with Crippen molar-refractivity contribution in [1.82, 2.24) is 10.2 Å². The van der Waals surface area contributed by atoms with Crippen molar-refractivity contribution in [3.8, 4) is 0 Å². The molecular weight excluding hydrogens is 336 g/mol. The average Bonchev–Trinajstić information content (AvgIpc) is 2.67. The Morgan fingerprint density at radius 2 is 1.70 bits per heavy atom. The van der Waals surface area contributed by atoms with Gasteiger partial charge in [0.1, 0.15) is 6.04 Å². The minimum atomic E-state index is -0.516. The van der Waals surface area contributed by atoms with Crippen LogP contribution in [-0.4, -0.2) is 29.3 Å². The fraction of sp³-hybridized carbons (Fsp3) is 0.391. The quantitative estimate of drug-likeness (QED) is 0.685. The molecule has 1 N–H and O–H groups in total. The molecule has 0 aromatic heterocycles. The molecule has 2 rings (SSSR count). The molecule has 2 aromatic rings. The maximum Gasteiger partial charge on any atom is 0.242 e. The Balaban J connectivity index is 2.17. The fourth-order valence-electron chi connectivity index (χ4n) is 2.96. The van der Waals surface area contributed by atoms with Gasteiger partial charge < -0.3 is 10.2 Å². The zero-order valence-electron chi connectivity index (χ0n) is 16.6. The van der Waals surface area contributed by atoms with Gasteiger partial charge in [-0.3, -0.25) is 9.59 Å². The van der Waals surface area contributed by atoms with Crippen LogP contribution in [0.3, 0.4) is 0 Å². The van der Waals surface area contributed by atoms with Crippen molar-refractivity contribution in [3.05, 3.63) is 71.3 Å². The number of hydrogen-bond acceptors (Lipinski definition) is 2. The number of nitrogens with one attached hydrogen (secondary N) is 1. The highest BCUT2D eigenvalue weighted by Crippen LogP contribution is 2.15. The van der Waals surface area contributed by atoms with E-state index in [4.69, 9.17) is 0 Å². The number of benzene rings is 2. The lowest BCUT2D eigenvalue weighted by Crippen LogP contribution is -2.48. The lowest BCUT2D eigenvalue weighted by Gasteiger charge is -2.29. The van der Waals surface area contributed by atoms with Crippen LogP contribution in [0.1, 0.15) is 43.4 Å². The van der Waals surface area contributed by atoms with Gasteiger partial charge in [-0.25, -0.2) is 0 Å². The maximum atomic E-state index is 13.1. The summed E-state index contributed by atoms with van der Waals surface area (Å²) in [7, 11) is 0. The predicted molar refractivity (Wildman–Crippen MR) is 109 cm³/mol. The van der Waals surface area contributed by atoms with Crippen molar-refractivity contribution in [2.45, 2.75) is 52.6 Å². The Hall–Kier alpha value is -2.62. The number of unbranched alkanes of at least 4 members (excludes halogenated alkanes) is 1. The molecule has 144 valence electrons. The van der Waals surface area contributed by atoms with Crippen LogP contribution in [0.25, 0.3) is 0 Å². The van der Waals surface area contributed by atoms with E-state index in [1.807, 2.05) is 68.4 Å². The summed E-state index contributed by atoms with van der Waals surface area (Å²) >= 11 is 0. The standard InChI is InChI=1S/C23H30N2O2/c1-4-5-15-24-23(27)19(3)25(17-21-14-10-9-11-18(21)2)22(26)16-20-12-7-6-8-13-20/h6-14,19H,4-5,15-17H2,1-3H3,(H,24,27). The molecule has 0 aliphatic heterocycles. The first-order valence-corrected chi connectivity index (χ1v) is 9.68. The summed E-state index contributed by atoms with van der Waals surface area (Å²) in [6.07, 6.45) is 2.25. The van der Waals surface area contributed by atoms with Gasteiger partial charge in [0, 0.05) is 13.1 Å². The van der Waals surface area contributed by atoms with Gasteiger partial charge >= 0.3 is 0 Å². The normalized spacial score (nSPS) is 11.7. The highest BCUT2D eigenvalue weighted by Gasteiger charge is 2.26. The molecule has 1 atom stereocenters. The van der Waals surface area contributed by atoms with Crippen molar-refractivity contribution in [2.24, 2.45) is 0 Å². The Kier molecular flexibility index (Phi) is 8.05. The van der Waals surface area contributed by atoms with Crippen LogP contribution >= 0.6 is 0 Å². The molecule has 4 heteroatoms. The highest BCUT2D eigenvalue weighted by atomic mass is 16.2. The minimum Gasteiger partial charge on any atom is -0.354 e. The van der Waals surface area contributed by atoms with Crippen molar-refractivity contribution >= 4 is 11.8 Å². The maximum absolute atomic E-state index is 13.1. The third-order valence-electron chi connectivity index (χ3n) is 4.80. The molecule has 0 saturated carbocycles. The van der Waals surface area contributed by atoms with Gasteiger partial charge in [0.2, 0.25) is 11.8 Å². The van der Waals surface area contributed by atoms with Gasteiger partial charge in [-0.1, -0.05) is 67.9 Å². The van der Waals surface area contributed by atoms with Gasteiger partial charge in [-0.2, -0.15) is 0 Å². The number of carbonyl (C=O) groups is 2. The predicted octanol–water partition coefficient (Wildman–Crippen LogP) is 3.87. The minimum absolute atomic E-state index is 0.0393. The molecule has 0 saturated heterocycles. The molecule has 0 heterocycles. The summed E-state index contributed by atoms with van der Waals surface area (Å²) < 4.78 is 0. The first-order valence-electron chi connectivity index (χ1n) is 9.68. The monoisotopic (exact) mass is 366 g/mol. The van der Waals surface area contributed by atoms with E-state index >= 15 is 0 Å². The van der Waals surface area contributed by atoms with E-state index in [0.29, 0.717) is 19.5 Å². The topological polar surface area (TPSA) is 49.4 Å². The van der Waals surface area contributed by atoms with Crippen LogP contribution < -0.4 is 5.32 Å². The first-order chi connectivity index (χ1) is 13.0. The molecule has 0 fully saturated rings. The average molecular weight is 367 g/mol. The number of carbonyl (C=O) groups excluding carboxylic acids is 2. The summed E-state index contributed by atoms with van der Waals surface area (Å²) in [5.74, 6) is -0.138. The first kappa shape index (κ1) is 20.7. The summed E-state index contributed by atoms with van der Waals surface area (Å²) in [6.45, 7) is 7.00. The summed E-state index contributed by atoms with van der Waals surface area (Å²) in [5.41, 5.74) is 3.14. The van der Waals surface area contributed by atoms with Crippen LogP contribution in [0.15, 0.2) is 54.6 Å². The molecule has 1 unspecified atom stereocenters. The SMILES string of the molecule is CCCCNC(=O)C(C)N(Cc1ccccc1C)C(=O)Cc1ccccc1. The molecule has 0 aliphatic carbocycles. The van der Waals surface area contributed by atoms with Gasteiger partial charge in [0.15, 0.2) is 0 Å². The van der Waals surface area contributed by atoms with E-state index < -0.39 is 6.04 Å². The number of hydrogen-bond donors (Lipinski definition) is 1.